The van der Waals surface area contributed by atoms with Crippen LogP contribution in [0.3, 0.4) is 0 Å². The first kappa shape index (κ1) is 15.9. The van der Waals surface area contributed by atoms with Gasteiger partial charge < -0.3 is 7.96 Å². The Kier molecular flexibility index (Phi) is 15.3. The Balaban J connectivity index is -0.000000202. The summed E-state index contributed by atoms with van der Waals surface area (Å²) in [6.07, 6.45) is 8.74. The zero-order valence-electron chi connectivity index (χ0n) is 10.3. The fraction of sp³-hybridized carbons (Fsp3) is 0.700. The van der Waals surface area contributed by atoms with Gasteiger partial charge in [-0.25, -0.2) is 0 Å². The van der Waals surface area contributed by atoms with Gasteiger partial charge in [0.15, 0.2) is 0 Å². The monoisotopic (exact) mass is 212 g/mol. The van der Waals surface area contributed by atoms with E-state index in [1.165, 1.54) is 12.8 Å². The van der Waals surface area contributed by atoms with Crippen LogP contribution in [0, 0.1) is 0 Å². The molecule has 0 aliphatic carbocycles. The Morgan fingerprint density at radius 1 is 1.23 bits per heavy atom. The van der Waals surface area contributed by atoms with Crippen molar-refractivity contribution < 1.29 is 12.8 Å². The molecule has 0 fully saturated rings. The van der Waals surface area contributed by atoms with Crippen LogP contribution in [0.1, 0.15) is 47.8 Å². The van der Waals surface area contributed by atoms with E-state index in [-0.39, 0.29) is 40.6 Å². The second-order valence-corrected chi connectivity index (χ2v) is 2.99. The van der Waals surface area contributed by atoms with Crippen LogP contribution in [0.15, 0.2) is 12.7 Å². The molecule has 0 radical (unpaired) electrons. The van der Waals surface area contributed by atoms with Crippen molar-refractivity contribution in [1.82, 2.24) is 0 Å². The Morgan fingerprint density at radius 3 is 2.31 bits per heavy atom. The molecule has 0 amide bonds. The van der Waals surface area contributed by atoms with Crippen molar-refractivity contribution in [3.63, 3.8) is 0 Å². The Bertz CT molecular complexity index is 143. The summed E-state index contributed by atoms with van der Waals surface area (Å²) < 4.78 is 0. The van der Waals surface area contributed by atoms with E-state index < -0.39 is 5.97 Å². The quantitative estimate of drug-likeness (QED) is 0.381. The maximum Gasteiger partial charge on any atom is 2.00 e. The minimum Gasteiger partial charge on any atom is -1.00 e. The fourth-order valence-corrected chi connectivity index (χ4v) is 1.10. The number of allylic oxidation sites excluding steroid dienone is 1. The number of carboxylic acid groups (broad SMARTS) is 1. The molecule has 0 bridgehead atoms. The van der Waals surface area contributed by atoms with E-state index in [0.29, 0.717) is 6.42 Å². The number of rotatable bonds is 8. The molecule has 0 heterocycles. The first-order chi connectivity index (χ1) is 5.77. The van der Waals surface area contributed by atoms with Crippen molar-refractivity contribution in [3.8, 4) is 0 Å². The summed E-state index contributed by atoms with van der Waals surface area (Å²) in [7, 11) is 0. The third-order valence-electron chi connectivity index (χ3n) is 1.80. The fourth-order valence-electron chi connectivity index (χ4n) is 1.10. The smallest absolute Gasteiger partial charge is 1.00 e. The number of unbranched alkanes of at least 4 members (excludes halogenated alkanes) is 5. The zero-order chi connectivity index (χ0) is 9.23. The molecule has 0 unspecified atom stereocenters. The zero-order valence-corrected chi connectivity index (χ0v) is 10.5. The van der Waals surface area contributed by atoms with Crippen LogP contribution in [-0.2, 0) is 4.79 Å². The summed E-state index contributed by atoms with van der Waals surface area (Å²) in [5, 5.41) is 8.34. The Morgan fingerprint density at radius 2 is 1.77 bits per heavy atom. The van der Waals surface area contributed by atoms with Gasteiger partial charge in [0.1, 0.15) is 0 Å². The van der Waals surface area contributed by atoms with Gasteiger partial charge in [0.05, 0.1) is 0 Å². The standard InChI is InChI=1S/C10H18O2.Ca.2H/c1-2-3-4-5-6-7-8-9-10(11)12;;;/h2H,1,3-9H2,(H,11,12);;;/q;+2;2*-1. The molecule has 0 saturated heterocycles. The third kappa shape index (κ3) is 15.2. The van der Waals surface area contributed by atoms with Gasteiger partial charge in [0.2, 0.25) is 0 Å². The molecule has 74 valence electrons. The second kappa shape index (κ2) is 12.5. The number of carbonyl (C=O) groups is 1. The van der Waals surface area contributed by atoms with Gasteiger partial charge in [-0.05, 0) is 19.3 Å². The molecule has 0 saturated carbocycles. The normalized spacial score (nSPS) is 8.92. The molecule has 0 atom stereocenters. The molecule has 0 rings (SSSR count). The summed E-state index contributed by atoms with van der Waals surface area (Å²) >= 11 is 0. The maximum atomic E-state index is 10.1. The van der Waals surface area contributed by atoms with Crippen LogP contribution in [0.5, 0.6) is 0 Å². The van der Waals surface area contributed by atoms with Crippen LogP contribution in [0.25, 0.3) is 0 Å². The van der Waals surface area contributed by atoms with Gasteiger partial charge in [-0.1, -0.05) is 25.3 Å². The Labute approximate surface area is 113 Å². The van der Waals surface area contributed by atoms with Crippen molar-refractivity contribution in [2.24, 2.45) is 0 Å². The summed E-state index contributed by atoms with van der Waals surface area (Å²) in [5.41, 5.74) is 0. The molecule has 3 heteroatoms. The van der Waals surface area contributed by atoms with E-state index in [0.717, 1.165) is 25.7 Å². The largest absolute Gasteiger partial charge is 2.00 e. The summed E-state index contributed by atoms with van der Waals surface area (Å²) in [4.78, 5) is 10.1. The molecular formula is C10H20CaO2. The van der Waals surface area contributed by atoms with Crippen LogP contribution in [0.4, 0.5) is 0 Å². The molecule has 13 heavy (non-hydrogen) atoms. The van der Waals surface area contributed by atoms with Gasteiger partial charge in [0, 0.05) is 6.42 Å². The summed E-state index contributed by atoms with van der Waals surface area (Å²) in [5.74, 6) is -0.680. The predicted octanol–water partition coefficient (Wildman–Crippen LogP) is 2.83. The van der Waals surface area contributed by atoms with Gasteiger partial charge in [0.25, 0.3) is 0 Å². The van der Waals surface area contributed by atoms with Crippen molar-refractivity contribution in [2.45, 2.75) is 44.9 Å². The first-order valence-electron chi connectivity index (χ1n) is 4.60. The van der Waals surface area contributed by atoms with Crippen LogP contribution < -0.4 is 0 Å². The van der Waals surface area contributed by atoms with E-state index >= 15 is 0 Å². The molecule has 0 aliphatic rings. The van der Waals surface area contributed by atoms with Gasteiger partial charge in [-0.3, -0.25) is 4.79 Å². The summed E-state index contributed by atoms with van der Waals surface area (Å²) in [6.45, 7) is 3.64. The van der Waals surface area contributed by atoms with Crippen LogP contribution in [0.2, 0.25) is 0 Å². The third-order valence-corrected chi connectivity index (χ3v) is 1.80. The minimum absolute atomic E-state index is 0. The molecule has 0 aliphatic heterocycles. The maximum absolute atomic E-state index is 10.1. The average molecular weight is 212 g/mol. The topological polar surface area (TPSA) is 37.3 Å². The first-order valence-corrected chi connectivity index (χ1v) is 4.60. The minimum atomic E-state index is -0.680. The molecule has 0 aromatic rings. The molecule has 1 N–H and O–H groups in total. The van der Waals surface area contributed by atoms with Crippen molar-refractivity contribution in [1.29, 1.82) is 0 Å². The number of hydrogen-bond donors (Lipinski definition) is 1. The van der Waals surface area contributed by atoms with Gasteiger partial charge in [-0.2, -0.15) is 0 Å². The van der Waals surface area contributed by atoms with Gasteiger partial charge in [-0.15, -0.1) is 6.58 Å². The molecule has 0 spiro atoms. The van der Waals surface area contributed by atoms with E-state index in [4.69, 9.17) is 5.11 Å². The van der Waals surface area contributed by atoms with Crippen LogP contribution in [-0.4, -0.2) is 48.8 Å². The summed E-state index contributed by atoms with van der Waals surface area (Å²) in [6, 6.07) is 0. The van der Waals surface area contributed by atoms with Crippen LogP contribution >= 0.6 is 0 Å². The molecule has 0 aromatic heterocycles. The Hall–Kier alpha value is 0.470. The van der Waals surface area contributed by atoms with E-state index in [2.05, 4.69) is 6.58 Å². The van der Waals surface area contributed by atoms with E-state index in [1.54, 1.807) is 0 Å². The SMILES string of the molecule is C=CCCCCCCCC(=O)O.[Ca+2].[H-].[H-]. The van der Waals surface area contributed by atoms with E-state index in [9.17, 15) is 4.79 Å². The average Bonchev–Trinajstić information content (AvgIpc) is 2.02. The molecule has 0 aromatic carbocycles. The second-order valence-electron chi connectivity index (χ2n) is 2.99. The molecular weight excluding hydrogens is 192 g/mol. The number of carboxylic acids is 1. The predicted molar refractivity (Wildman–Crippen MR) is 58.1 cm³/mol. The van der Waals surface area contributed by atoms with Crippen molar-refractivity contribution in [3.05, 3.63) is 12.7 Å². The number of aliphatic carboxylic acids is 1. The van der Waals surface area contributed by atoms with Gasteiger partial charge >= 0.3 is 43.7 Å². The number of hydrogen-bond acceptors (Lipinski definition) is 1. The van der Waals surface area contributed by atoms with Crippen molar-refractivity contribution >= 4 is 43.7 Å². The van der Waals surface area contributed by atoms with Crippen molar-refractivity contribution in [2.75, 3.05) is 0 Å². The van der Waals surface area contributed by atoms with E-state index in [1.807, 2.05) is 6.08 Å². The molecule has 2 nitrogen and oxygen atoms in total.